The Bertz CT molecular complexity index is 1170. The molecule has 2 amide bonds. The number of carbonyl (C=O) groups excluding carboxylic acids is 2. The van der Waals surface area contributed by atoms with Crippen LogP contribution in [0.3, 0.4) is 0 Å². The predicted molar refractivity (Wildman–Crippen MR) is 125 cm³/mol. The third-order valence-electron chi connectivity index (χ3n) is 6.32. The van der Waals surface area contributed by atoms with Gasteiger partial charge >= 0.3 is 0 Å². The second-order valence-electron chi connectivity index (χ2n) is 8.29. The first-order chi connectivity index (χ1) is 16.0. The van der Waals surface area contributed by atoms with E-state index in [9.17, 15) is 26.8 Å². The summed E-state index contributed by atoms with van der Waals surface area (Å²) in [6.07, 6.45) is 0.00711. The first-order valence-electron chi connectivity index (χ1n) is 11.1. The molecule has 184 valence electrons. The van der Waals surface area contributed by atoms with Crippen LogP contribution in [0.15, 0.2) is 47.4 Å². The van der Waals surface area contributed by atoms with Gasteiger partial charge in [-0.25, -0.2) is 17.2 Å². The molecule has 1 fully saturated rings. The number of hydrogen-bond donors (Lipinski definition) is 0. The van der Waals surface area contributed by atoms with Crippen molar-refractivity contribution in [3.63, 3.8) is 0 Å². The van der Waals surface area contributed by atoms with Gasteiger partial charge in [-0.15, -0.1) is 0 Å². The number of rotatable bonds is 8. The molecular weight excluding hydrogens is 464 g/mol. The average molecular weight is 494 g/mol. The van der Waals surface area contributed by atoms with Crippen LogP contribution in [0, 0.1) is 17.6 Å². The molecule has 0 aliphatic carbocycles. The summed E-state index contributed by atoms with van der Waals surface area (Å²) in [5, 5.41) is 0. The van der Waals surface area contributed by atoms with E-state index in [1.165, 1.54) is 32.3 Å². The third-order valence-corrected chi connectivity index (χ3v) is 8.38. The lowest BCUT2D eigenvalue weighted by Crippen LogP contribution is -2.36. The summed E-state index contributed by atoms with van der Waals surface area (Å²) in [6, 6.07) is 9.03. The van der Waals surface area contributed by atoms with Crippen molar-refractivity contribution in [2.24, 2.45) is 5.92 Å². The van der Waals surface area contributed by atoms with Crippen molar-refractivity contribution < 1.29 is 26.8 Å². The van der Waals surface area contributed by atoms with Crippen LogP contribution in [0.25, 0.3) is 0 Å². The van der Waals surface area contributed by atoms with Crippen LogP contribution >= 0.6 is 0 Å². The Morgan fingerprint density at radius 1 is 1.09 bits per heavy atom. The number of amides is 2. The third kappa shape index (κ3) is 4.97. The summed E-state index contributed by atoms with van der Waals surface area (Å²) in [6.45, 7) is 6.08. The van der Waals surface area contributed by atoms with Gasteiger partial charge in [0.1, 0.15) is 0 Å². The molecule has 2 atom stereocenters. The summed E-state index contributed by atoms with van der Waals surface area (Å²) in [7, 11) is -2.05. The van der Waals surface area contributed by atoms with Gasteiger partial charge in [0.15, 0.2) is 11.6 Å². The molecule has 34 heavy (non-hydrogen) atoms. The lowest BCUT2D eigenvalue weighted by molar-refractivity contribution is -0.136. The summed E-state index contributed by atoms with van der Waals surface area (Å²) < 4.78 is 53.6. The quantitative estimate of drug-likeness (QED) is 0.563. The SMILES string of the molecule is CCN(CC)S(=O)(=O)c1ccc(N2CC(C(=O)N(C)C(C)c3ccc(F)c(F)c3)CC2=O)cc1. The fourth-order valence-corrected chi connectivity index (χ4v) is 5.57. The lowest BCUT2D eigenvalue weighted by atomic mass is 10.0. The van der Waals surface area contributed by atoms with E-state index in [4.69, 9.17) is 0 Å². The zero-order chi connectivity index (χ0) is 25.2. The highest BCUT2D eigenvalue weighted by Gasteiger charge is 2.37. The minimum Gasteiger partial charge on any atom is -0.339 e. The topological polar surface area (TPSA) is 78.0 Å². The Hall–Kier alpha value is -2.85. The zero-order valence-electron chi connectivity index (χ0n) is 19.7. The molecule has 2 unspecified atom stereocenters. The first-order valence-corrected chi connectivity index (χ1v) is 12.6. The summed E-state index contributed by atoms with van der Waals surface area (Å²) in [4.78, 5) is 28.7. The molecule has 0 spiro atoms. The molecule has 0 radical (unpaired) electrons. The van der Waals surface area contributed by atoms with Gasteiger partial charge in [0.05, 0.1) is 16.9 Å². The van der Waals surface area contributed by atoms with Crippen LogP contribution in [0.1, 0.15) is 38.8 Å². The smallest absolute Gasteiger partial charge is 0.243 e. The highest BCUT2D eigenvalue weighted by Crippen LogP contribution is 2.30. The fourth-order valence-electron chi connectivity index (χ4n) is 4.11. The van der Waals surface area contributed by atoms with Crippen molar-refractivity contribution in [2.45, 2.75) is 38.1 Å². The van der Waals surface area contributed by atoms with Crippen molar-refractivity contribution >= 4 is 27.5 Å². The van der Waals surface area contributed by atoms with E-state index >= 15 is 0 Å². The molecule has 0 saturated carbocycles. The Balaban J connectivity index is 1.73. The molecule has 2 aromatic rings. The normalized spacial score (nSPS) is 17.3. The monoisotopic (exact) mass is 493 g/mol. The van der Waals surface area contributed by atoms with E-state index in [0.717, 1.165) is 12.1 Å². The number of nitrogens with zero attached hydrogens (tertiary/aromatic N) is 3. The first kappa shape index (κ1) is 25.8. The summed E-state index contributed by atoms with van der Waals surface area (Å²) in [5.41, 5.74) is 0.955. The van der Waals surface area contributed by atoms with Gasteiger partial charge in [0.25, 0.3) is 0 Å². The number of sulfonamides is 1. The van der Waals surface area contributed by atoms with E-state index in [1.54, 1.807) is 40.0 Å². The standard InChI is InChI=1S/C24H29F2N3O4S/c1-5-28(6-2)34(32,33)20-10-8-19(9-11-20)29-15-18(14-23(29)30)24(31)27(4)16(3)17-7-12-21(25)22(26)13-17/h7-13,16,18H,5-6,14-15H2,1-4H3. The van der Waals surface area contributed by atoms with Crippen molar-refractivity contribution in [2.75, 3.05) is 31.6 Å². The van der Waals surface area contributed by atoms with Gasteiger partial charge < -0.3 is 9.80 Å². The number of halogens is 2. The Morgan fingerprint density at radius 3 is 2.26 bits per heavy atom. The highest BCUT2D eigenvalue weighted by atomic mass is 32.2. The van der Waals surface area contributed by atoms with Crippen molar-refractivity contribution in [1.29, 1.82) is 0 Å². The van der Waals surface area contributed by atoms with Gasteiger partial charge in [0.2, 0.25) is 21.8 Å². The molecule has 1 heterocycles. The van der Waals surface area contributed by atoms with E-state index < -0.39 is 33.6 Å². The number of carbonyl (C=O) groups is 2. The number of benzene rings is 2. The van der Waals surface area contributed by atoms with Crippen LogP contribution in [0.2, 0.25) is 0 Å². The second-order valence-corrected chi connectivity index (χ2v) is 10.2. The molecule has 0 N–H and O–H groups in total. The van der Waals surface area contributed by atoms with Crippen LogP contribution in [0.4, 0.5) is 14.5 Å². The molecule has 0 bridgehead atoms. The minimum atomic E-state index is -3.61. The maximum Gasteiger partial charge on any atom is 0.243 e. The molecular formula is C24H29F2N3O4S. The lowest BCUT2D eigenvalue weighted by Gasteiger charge is -2.28. The van der Waals surface area contributed by atoms with E-state index in [-0.39, 0.29) is 29.7 Å². The minimum absolute atomic E-state index is 0.00711. The molecule has 1 aliphatic heterocycles. The maximum absolute atomic E-state index is 13.6. The Labute approximate surface area is 199 Å². The van der Waals surface area contributed by atoms with E-state index in [2.05, 4.69) is 0 Å². The Morgan fingerprint density at radius 2 is 1.71 bits per heavy atom. The van der Waals surface area contributed by atoms with Gasteiger partial charge in [-0.05, 0) is 48.9 Å². The van der Waals surface area contributed by atoms with Gasteiger partial charge in [-0.2, -0.15) is 4.31 Å². The molecule has 1 aliphatic rings. The van der Waals surface area contributed by atoms with Crippen molar-refractivity contribution in [3.05, 3.63) is 59.7 Å². The zero-order valence-corrected chi connectivity index (χ0v) is 20.5. The van der Waals surface area contributed by atoms with Crippen LogP contribution in [-0.4, -0.2) is 56.1 Å². The van der Waals surface area contributed by atoms with Crippen molar-refractivity contribution in [1.82, 2.24) is 9.21 Å². The average Bonchev–Trinajstić information content (AvgIpc) is 3.21. The van der Waals surface area contributed by atoms with E-state index in [1.807, 2.05) is 0 Å². The van der Waals surface area contributed by atoms with Crippen LogP contribution in [-0.2, 0) is 19.6 Å². The van der Waals surface area contributed by atoms with Gasteiger partial charge in [-0.3, -0.25) is 9.59 Å². The summed E-state index contributed by atoms with van der Waals surface area (Å²) in [5.74, 6) is -3.08. The molecule has 7 nitrogen and oxygen atoms in total. The number of anilines is 1. The fraction of sp³-hybridized carbons (Fsp3) is 0.417. The van der Waals surface area contributed by atoms with Crippen LogP contribution in [0.5, 0.6) is 0 Å². The summed E-state index contributed by atoms with van der Waals surface area (Å²) >= 11 is 0. The predicted octanol–water partition coefficient (Wildman–Crippen LogP) is 3.57. The van der Waals surface area contributed by atoms with Gasteiger partial charge in [-0.1, -0.05) is 19.9 Å². The maximum atomic E-state index is 13.6. The van der Waals surface area contributed by atoms with Gasteiger partial charge in [0, 0.05) is 38.8 Å². The molecule has 2 aromatic carbocycles. The van der Waals surface area contributed by atoms with Crippen LogP contribution < -0.4 is 4.90 Å². The second kappa shape index (κ2) is 10.2. The number of hydrogen-bond acceptors (Lipinski definition) is 4. The molecule has 0 aromatic heterocycles. The molecule has 10 heteroatoms. The van der Waals surface area contributed by atoms with Crippen molar-refractivity contribution in [3.8, 4) is 0 Å². The van der Waals surface area contributed by atoms with E-state index in [0.29, 0.717) is 24.3 Å². The molecule has 3 rings (SSSR count). The highest BCUT2D eigenvalue weighted by molar-refractivity contribution is 7.89. The Kier molecular flexibility index (Phi) is 7.72. The largest absolute Gasteiger partial charge is 0.339 e. The molecule has 1 saturated heterocycles.